The molecule has 0 spiro atoms. The van der Waals surface area contributed by atoms with E-state index in [0.717, 1.165) is 29.2 Å². The molecule has 0 aliphatic heterocycles. The Hall–Kier alpha value is -0.730. The minimum atomic E-state index is 0.0280. The fraction of sp³-hybridized carbons (Fsp3) is 0.571. The minimum absolute atomic E-state index is 0.0280. The van der Waals surface area contributed by atoms with Gasteiger partial charge in [0.2, 0.25) is 0 Å². The summed E-state index contributed by atoms with van der Waals surface area (Å²) in [6.07, 6.45) is 1.11. The van der Waals surface area contributed by atoms with E-state index in [0.29, 0.717) is 6.04 Å². The predicted molar refractivity (Wildman–Crippen MR) is 76.8 cm³/mol. The average Bonchev–Trinajstić information content (AvgIpc) is 2.26. The summed E-state index contributed by atoms with van der Waals surface area (Å²) in [5.41, 5.74) is 8.04. The van der Waals surface area contributed by atoms with E-state index in [1.165, 1.54) is 0 Å². The number of halogens is 1. The lowest BCUT2D eigenvalue weighted by Crippen LogP contribution is -2.31. The summed E-state index contributed by atoms with van der Waals surface area (Å²) in [6, 6.07) is 6.61. The average molecular weight is 255 g/mol. The molecule has 1 atom stereocenters. The molecule has 2 nitrogen and oxygen atoms in total. The van der Waals surface area contributed by atoms with Crippen LogP contribution in [0, 0.1) is 0 Å². The van der Waals surface area contributed by atoms with Crippen molar-refractivity contribution in [3.05, 3.63) is 28.8 Å². The first-order valence-corrected chi connectivity index (χ1v) is 6.66. The van der Waals surface area contributed by atoms with Crippen LogP contribution in [0.1, 0.15) is 45.7 Å². The Balaban J connectivity index is 3.04. The Morgan fingerprint density at radius 2 is 1.94 bits per heavy atom. The Morgan fingerprint density at radius 1 is 1.29 bits per heavy atom. The van der Waals surface area contributed by atoms with Crippen LogP contribution in [0.2, 0.25) is 5.02 Å². The molecule has 0 bridgehead atoms. The second-order valence-electron chi connectivity index (χ2n) is 4.79. The minimum Gasteiger partial charge on any atom is -0.368 e. The lowest BCUT2D eigenvalue weighted by molar-refractivity contribution is 0.671. The van der Waals surface area contributed by atoms with E-state index in [-0.39, 0.29) is 6.04 Å². The third kappa shape index (κ3) is 3.62. The summed E-state index contributed by atoms with van der Waals surface area (Å²) in [7, 11) is 0. The van der Waals surface area contributed by atoms with E-state index in [4.69, 9.17) is 17.3 Å². The maximum Gasteiger partial charge on any atom is 0.0642 e. The van der Waals surface area contributed by atoms with Gasteiger partial charge in [0, 0.05) is 18.6 Å². The lowest BCUT2D eigenvalue weighted by Gasteiger charge is -2.29. The SMILES string of the molecule is CCCN(c1ccc(C(C)N)cc1Cl)C(C)C. The monoisotopic (exact) mass is 254 g/mol. The molecule has 1 aromatic carbocycles. The molecule has 17 heavy (non-hydrogen) atoms. The molecule has 0 heterocycles. The second kappa shape index (κ2) is 6.27. The van der Waals surface area contributed by atoms with E-state index < -0.39 is 0 Å². The van der Waals surface area contributed by atoms with Crippen molar-refractivity contribution in [2.45, 2.75) is 46.2 Å². The normalized spacial score (nSPS) is 12.9. The first-order chi connectivity index (χ1) is 7.97. The van der Waals surface area contributed by atoms with Crippen LogP contribution < -0.4 is 10.6 Å². The highest BCUT2D eigenvalue weighted by atomic mass is 35.5. The molecule has 1 rings (SSSR count). The molecule has 1 unspecified atom stereocenters. The zero-order valence-electron chi connectivity index (χ0n) is 11.2. The molecule has 1 aromatic rings. The van der Waals surface area contributed by atoms with Gasteiger partial charge in [-0.05, 0) is 44.9 Å². The highest BCUT2D eigenvalue weighted by Crippen LogP contribution is 2.30. The van der Waals surface area contributed by atoms with Gasteiger partial charge in [-0.2, -0.15) is 0 Å². The van der Waals surface area contributed by atoms with E-state index >= 15 is 0 Å². The molecule has 2 N–H and O–H groups in total. The highest BCUT2D eigenvalue weighted by molar-refractivity contribution is 6.33. The third-order valence-electron chi connectivity index (χ3n) is 2.89. The van der Waals surface area contributed by atoms with Crippen LogP contribution >= 0.6 is 11.6 Å². The number of nitrogens with two attached hydrogens (primary N) is 1. The van der Waals surface area contributed by atoms with Gasteiger partial charge in [0.1, 0.15) is 0 Å². The number of hydrogen-bond donors (Lipinski definition) is 1. The topological polar surface area (TPSA) is 29.3 Å². The summed E-state index contributed by atoms with van der Waals surface area (Å²) < 4.78 is 0. The molecule has 0 amide bonds. The van der Waals surface area contributed by atoms with E-state index in [1.54, 1.807) is 0 Å². The molecule has 0 fully saturated rings. The van der Waals surface area contributed by atoms with Crippen LogP contribution in [-0.4, -0.2) is 12.6 Å². The molecule has 96 valence electrons. The van der Waals surface area contributed by atoms with Crippen LogP contribution in [0.4, 0.5) is 5.69 Å². The molecule has 0 saturated carbocycles. The smallest absolute Gasteiger partial charge is 0.0642 e. The Morgan fingerprint density at radius 3 is 2.35 bits per heavy atom. The number of benzene rings is 1. The Labute approximate surface area is 110 Å². The zero-order chi connectivity index (χ0) is 13.0. The Kier molecular flexibility index (Phi) is 5.29. The Bertz CT molecular complexity index is 361. The molecule has 0 aliphatic carbocycles. The van der Waals surface area contributed by atoms with Crippen molar-refractivity contribution in [3.63, 3.8) is 0 Å². The molecule has 0 radical (unpaired) electrons. The van der Waals surface area contributed by atoms with Crippen molar-refractivity contribution in [2.75, 3.05) is 11.4 Å². The van der Waals surface area contributed by atoms with Crippen LogP contribution in [0.15, 0.2) is 18.2 Å². The molecular formula is C14H23ClN2. The molecular weight excluding hydrogens is 232 g/mol. The molecule has 0 aliphatic rings. The van der Waals surface area contributed by atoms with E-state index in [2.05, 4.69) is 37.8 Å². The summed E-state index contributed by atoms with van der Waals surface area (Å²) in [5, 5.41) is 0.793. The predicted octanol–water partition coefficient (Wildman–Crippen LogP) is 3.98. The van der Waals surface area contributed by atoms with Crippen molar-refractivity contribution >= 4 is 17.3 Å². The first kappa shape index (κ1) is 14.3. The quantitative estimate of drug-likeness (QED) is 0.861. The van der Waals surface area contributed by atoms with Gasteiger partial charge in [-0.1, -0.05) is 24.6 Å². The number of hydrogen-bond acceptors (Lipinski definition) is 2. The summed E-state index contributed by atoms with van der Waals surface area (Å²) in [5.74, 6) is 0. The van der Waals surface area contributed by atoms with Crippen molar-refractivity contribution in [2.24, 2.45) is 5.73 Å². The van der Waals surface area contributed by atoms with Crippen LogP contribution in [0.5, 0.6) is 0 Å². The largest absolute Gasteiger partial charge is 0.368 e. The van der Waals surface area contributed by atoms with Gasteiger partial charge in [-0.25, -0.2) is 0 Å². The van der Waals surface area contributed by atoms with Crippen molar-refractivity contribution in [3.8, 4) is 0 Å². The van der Waals surface area contributed by atoms with Gasteiger partial charge < -0.3 is 10.6 Å². The number of nitrogens with zero attached hydrogens (tertiary/aromatic N) is 1. The fourth-order valence-corrected chi connectivity index (χ4v) is 2.23. The van der Waals surface area contributed by atoms with Crippen LogP contribution in [0.25, 0.3) is 0 Å². The molecule has 0 aromatic heterocycles. The van der Waals surface area contributed by atoms with Gasteiger partial charge in [0.25, 0.3) is 0 Å². The molecule has 3 heteroatoms. The van der Waals surface area contributed by atoms with E-state index in [9.17, 15) is 0 Å². The highest BCUT2D eigenvalue weighted by Gasteiger charge is 2.13. The second-order valence-corrected chi connectivity index (χ2v) is 5.19. The van der Waals surface area contributed by atoms with Gasteiger partial charge in [0.15, 0.2) is 0 Å². The summed E-state index contributed by atoms with van der Waals surface area (Å²) in [6.45, 7) is 9.54. The van der Waals surface area contributed by atoms with E-state index in [1.807, 2.05) is 13.0 Å². The van der Waals surface area contributed by atoms with Crippen molar-refractivity contribution in [1.82, 2.24) is 0 Å². The van der Waals surface area contributed by atoms with Crippen molar-refractivity contribution in [1.29, 1.82) is 0 Å². The third-order valence-corrected chi connectivity index (χ3v) is 3.20. The number of anilines is 1. The zero-order valence-corrected chi connectivity index (χ0v) is 12.0. The summed E-state index contributed by atoms with van der Waals surface area (Å²) >= 11 is 6.35. The lowest BCUT2D eigenvalue weighted by atomic mass is 10.1. The first-order valence-electron chi connectivity index (χ1n) is 6.29. The standard InChI is InChI=1S/C14H23ClN2/c1-5-8-17(10(2)3)14-7-6-12(11(4)16)9-13(14)15/h6-7,9-11H,5,8,16H2,1-4H3. The van der Waals surface area contributed by atoms with Gasteiger partial charge in [-0.15, -0.1) is 0 Å². The van der Waals surface area contributed by atoms with Crippen LogP contribution in [0.3, 0.4) is 0 Å². The van der Waals surface area contributed by atoms with Crippen molar-refractivity contribution < 1.29 is 0 Å². The number of rotatable bonds is 5. The summed E-state index contributed by atoms with van der Waals surface area (Å²) in [4.78, 5) is 2.33. The van der Waals surface area contributed by atoms with Gasteiger partial charge in [-0.3, -0.25) is 0 Å². The molecule has 0 saturated heterocycles. The fourth-order valence-electron chi connectivity index (χ4n) is 1.94. The maximum atomic E-state index is 6.35. The van der Waals surface area contributed by atoms with Crippen LogP contribution in [-0.2, 0) is 0 Å². The van der Waals surface area contributed by atoms with Gasteiger partial charge in [0.05, 0.1) is 10.7 Å². The van der Waals surface area contributed by atoms with Gasteiger partial charge >= 0.3 is 0 Å². The maximum absolute atomic E-state index is 6.35.